The van der Waals surface area contributed by atoms with Crippen LogP contribution in [0.4, 0.5) is 5.69 Å². The molecule has 9 atom stereocenters. The van der Waals surface area contributed by atoms with Gasteiger partial charge in [0.15, 0.2) is 41.0 Å². The summed E-state index contributed by atoms with van der Waals surface area (Å²) in [5.74, 6) is 4.56. The molecule has 2 bridgehead atoms. The van der Waals surface area contributed by atoms with Crippen LogP contribution in [0.2, 0.25) is 0 Å². The Morgan fingerprint density at radius 1 is 1.00 bits per heavy atom. The van der Waals surface area contributed by atoms with Gasteiger partial charge in [0.1, 0.15) is 5.60 Å². The van der Waals surface area contributed by atoms with Crippen LogP contribution in [0.25, 0.3) is 0 Å². The van der Waals surface area contributed by atoms with Gasteiger partial charge < -0.3 is 45.5 Å². The first kappa shape index (κ1) is 46.9. The number of carbonyl (C=O) groups is 1. The minimum atomic E-state index is -0.827. The Balaban J connectivity index is 1.36. The second-order valence-electron chi connectivity index (χ2n) is 18.9. The smallest absolute Gasteiger partial charge is 0.196 e. The van der Waals surface area contributed by atoms with E-state index in [2.05, 4.69) is 46.1 Å². The highest BCUT2D eigenvalue weighted by atomic mass is 33.1. The number of carbonyl (C=O) groups excluding carboxylic acids is 1. The molecule has 13 heteroatoms. The summed E-state index contributed by atoms with van der Waals surface area (Å²) in [5.41, 5.74) is 1.28. The van der Waals surface area contributed by atoms with Crippen molar-refractivity contribution in [2.45, 2.75) is 127 Å². The molecule has 0 aromatic heterocycles. The summed E-state index contributed by atoms with van der Waals surface area (Å²) in [4.78, 5) is 19.9. The number of aromatic hydroxyl groups is 2. The van der Waals surface area contributed by atoms with Crippen molar-refractivity contribution in [1.29, 1.82) is 0 Å². The van der Waals surface area contributed by atoms with E-state index in [1.165, 1.54) is 7.11 Å². The van der Waals surface area contributed by atoms with E-state index in [4.69, 9.17) is 14.2 Å². The van der Waals surface area contributed by atoms with Crippen molar-refractivity contribution in [2.24, 2.45) is 40.0 Å². The number of allylic oxidation sites excluding steroid dienone is 2. The van der Waals surface area contributed by atoms with E-state index in [0.717, 1.165) is 107 Å². The predicted molar refractivity (Wildman–Crippen MR) is 252 cm³/mol. The molecule has 5 aliphatic rings. The van der Waals surface area contributed by atoms with Crippen LogP contribution in [0, 0.1) is 35.0 Å². The van der Waals surface area contributed by atoms with Crippen molar-refractivity contribution in [2.75, 3.05) is 51.8 Å². The van der Waals surface area contributed by atoms with Crippen LogP contribution >= 0.6 is 21.6 Å². The van der Waals surface area contributed by atoms with Gasteiger partial charge in [-0.3, -0.25) is 9.79 Å². The second kappa shape index (κ2) is 20.8. The average Bonchev–Trinajstić information content (AvgIpc) is 4.01. The number of anilines is 1. The van der Waals surface area contributed by atoms with Crippen LogP contribution < -0.4 is 25.4 Å². The van der Waals surface area contributed by atoms with E-state index in [1.54, 1.807) is 41.8 Å². The van der Waals surface area contributed by atoms with E-state index in [1.807, 2.05) is 25.3 Å². The normalized spacial score (nSPS) is 33.1. The number of aliphatic hydroxyl groups is 1. The molecule has 0 radical (unpaired) electrons. The van der Waals surface area contributed by atoms with Crippen molar-refractivity contribution in [3.8, 4) is 23.0 Å². The number of ether oxygens (including phenoxy) is 3. The number of phenolic OH excluding ortho intramolecular Hbond substituents is 2. The molecule has 2 aromatic rings. The second-order valence-corrected chi connectivity index (χ2v) is 21.4. The number of rotatable bonds is 13. The van der Waals surface area contributed by atoms with E-state index in [-0.39, 0.29) is 40.5 Å². The lowest BCUT2D eigenvalue weighted by Gasteiger charge is -2.50. The van der Waals surface area contributed by atoms with Gasteiger partial charge >= 0.3 is 0 Å². The number of likely N-dealkylation sites (N-methyl/N-ethyl adjacent to an activating group) is 1. The van der Waals surface area contributed by atoms with Crippen molar-refractivity contribution >= 4 is 39.0 Å². The molecule has 342 valence electrons. The molecule has 4 saturated carbocycles. The quantitative estimate of drug-likeness (QED) is 0.0646. The number of hydrogen-bond donors (Lipinski definition) is 6. The molecule has 4 aliphatic carbocycles. The van der Waals surface area contributed by atoms with Gasteiger partial charge in [0, 0.05) is 43.7 Å². The third kappa shape index (κ3) is 9.77. The third-order valence-corrected chi connectivity index (χ3v) is 17.7. The summed E-state index contributed by atoms with van der Waals surface area (Å²) in [5, 5.41) is 43.5. The van der Waals surface area contributed by atoms with Crippen molar-refractivity contribution in [1.82, 2.24) is 10.6 Å². The van der Waals surface area contributed by atoms with E-state index in [0.29, 0.717) is 60.2 Å². The first-order valence-electron chi connectivity index (χ1n) is 23.3. The lowest BCUT2D eigenvalue weighted by molar-refractivity contribution is -0.125. The minimum Gasteiger partial charge on any atom is -0.504 e. The van der Waals surface area contributed by atoms with Crippen LogP contribution in [-0.2, 0) is 21.4 Å². The molecular weight excluding hydrogens is 821 g/mol. The predicted octanol–water partition coefficient (Wildman–Crippen LogP) is 9.35. The van der Waals surface area contributed by atoms with E-state index >= 15 is 4.79 Å². The van der Waals surface area contributed by atoms with Gasteiger partial charge in [0.2, 0.25) is 0 Å². The number of fused-ring (bicyclic) bond motifs is 3. The van der Waals surface area contributed by atoms with Crippen LogP contribution in [0.5, 0.6) is 23.0 Å². The molecule has 0 unspecified atom stereocenters. The fourth-order valence-corrected chi connectivity index (χ4v) is 14.7. The largest absolute Gasteiger partial charge is 0.504 e. The lowest BCUT2D eigenvalue weighted by Crippen LogP contribution is -2.46. The van der Waals surface area contributed by atoms with Crippen molar-refractivity contribution in [3.05, 3.63) is 53.6 Å². The maximum absolute atomic E-state index is 15.3. The van der Waals surface area contributed by atoms with Gasteiger partial charge in [0.25, 0.3) is 0 Å². The maximum atomic E-state index is 15.3. The molecular formula is C49H72N4O7S2. The molecule has 6 N–H and O–H groups in total. The Bertz CT molecular complexity index is 1920. The molecule has 7 rings (SSSR count). The molecule has 1 spiro atoms. The number of phenols is 2. The molecule has 0 saturated heterocycles. The monoisotopic (exact) mass is 892 g/mol. The van der Waals surface area contributed by atoms with Gasteiger partial charge in [-0.1, -0.05) is 66.3 Å². The third-order valence-electron chi connectivity index (χ3n) is 15.5. The number of ketones is 1. The Morgan fingerprint density at radius 2 is 1.82 bits per heavy atom. The highest BCUT2D eigenvalue weighted by molar-refractivity contribution is 8.76. The Labute approximate surface area is 377 Å². The first-order valence-corrected chi connectivity index (χ1v) is 25.7. The number of methoxy groups -OCH3 is 2. The van der Waals surface area contributed by atoms with E-state index < -0.39 is 17.3 Å². The van der Waals surface area contributed by atoms with Gasteiger partial charge in [-0.25, -0.2) is 0 Å². The topological polar surface area (TPSA) is 154 Å². The molecule has 1 aliphatic heterocycles. The SMILES string of the molecule is CCCC[C@@H]1CC[C@H]2CCC[C@]23c2cc(c(O)c(O[C@]4(CNC)CC[C@@H](C[C@H](O)OC)C4)c2)NC(=NC)NCSSC[C@@H]2CCC[C@]2(Cc2ccc(O)c(OC)c2)C(=O)/C=C/[C@H]13. The zero-order chi connectivity index (χ0) is 43.9. The summed E-state index contributed by atoms with van der Waals surface area (Å²) >= 11 is 0. The zero-order valence-electron chi connectivity index (χ0n) is 37.7. The molecule has 1 heterocycles. The lowest BCUT2D eigenvalue weighted by atomic mass is 9.54. The van der Waals surface area contributed by atoms with Gasteiger partial charge in [-0.05, 0) is 149 Å². The highest BCUT2D eigenvalue weighted by Crippen LogP contribution is 2.61. The Hall–Kier alpha value is -3.10. The van der Waals surface area contributed by atoms with Crippen molar-refractivity contribution in [3.63, 3.8) is 0 Å². The fourth-order valence-electron chi connectivity index (χ4n) is 12.5. The first-order chi connectivity index (χ1) is 30.0. The number of nitrogens with one attached hydrogen (secondary N) is 3. The number of guanidine groups is 1. The van der Waals surface area contributed by atoms with E-state index in [9.17, 15) is 15.3 Å². The van der Waals surface area contributed by atoms with Crippen LogP contribution in [-0.4, -0.2) is 85.4 Å². The molecule has 4 fully saturated rings. The summed E-state index contributed by atoms with van der Waals surface area (Å²) in [7, 11) is 10.3. The molecule has 0 amide bonds. The zero-order valence-corrected chi connectivity index (χ0v) is 39.3. The number of aliphatic hydroxyl groups excluding tert-OH is 1. The van der Waals surface area contributed by atoms with Crippen LogP contribution in [0.1, 0.15) is 114 Å². The number of nitrogens with zero attached hydrogens (tertiary/aromatic N) is 1. The van der Waals surface area contributed by atoms with Crippen molar-refractivity contribution < 1.29 is 34.3 Å². The summed E-state index contributed by atoms with van der Waals surface area (Å²) in [6, 6.07) is 9.84. The summed E-state index contributed by atoms with van der Waals surface area (Å²) in [6.45, 7) is 2.86. The number of unbranched alkanes of at least 4 members (excludes halogenated alkanes) is 1. The fraction of sp³-hybridized carbons (Fsp3) is 0.673. The van der Waals surface area contributed by atoms with Gasteiger partial charge in [0.05, 0.1) is 18.7 Å². The van der Waals surface area contributed by atoms with Gasteiger partial charge in [-0.2, -0.15) is 0 Å². The Morgan fingerprint density at radius 3 is 2.60 bits per heavy atom. The Kier molecular flexibility index (Phi) is 15.7. The summed E-state index contributed by atoms with van der Waals surface area (Å²) < 4.78 is 17.9. The number of benzene rings is 2. The highest BCUT2D eigenvalue weighted by Gasteiger charge is 2.55. The molecule has 11 nitrogen and oxygen atoms in total. The molecule has 62 heavy (non-hydrogen) atoms. The average molecular weight is 893 g/mol. The molecule has 2 aromatic carbocycles. The number of aliphatic imine (C=N–C) groups is 1. The van der Waals surface area contributed by atoms with Gasteiger partial charge in [-0.15, -0.1) is 0 Å². The minimum absolute atomic E-state index is 0.0553. The van der Waals surface area contributed by atoms with Crippen LogP contribution in [0.3, 0.4) is 0 Å². The standard InChI is InChI=1S/C49H72N4O7S2/c1-6-7-10-34-14-15-35-11-9-21-49(35)37-25-39(45(57)42(26-37)60-47(30-50-2)22-19-33(27-47)24-44(56)59-5)53-46(51-3)52-31-62-61-29-36-12-8-20-48(36,43(55)18-16-38(34)49)28-32-13-17-40(54)41(23-32)58-4/h13,16-18,23,25-26,33-36,38,44,50,54,56-57H,6-12,14-15,19-22,24,27-31H2,1-5H3,(H2,51,52,53)/b18-16+/t33-,34+,35+,36-,38+,44+,47+,48+,49+/m0/s1. The maximum Gasteiger partial charge on any atom is 0.196 e. The summed E-state index contributed by atoms with van der Waals surface area (Å²) in [6.07, 6.45) is 18.7. The number of hydrogen-bond acceptors (Lipinski definition) is 11. The van der Waals surface area contributed by atoms with Crippen LogP contribution in [0.15, 0.2) is 47.5 Å².